The maximum atomic E-state index is 12.8. The molecule has 2 bridgehead atoms. The van der Waals surface area contributed by atoms with Crippen molar-refractivity contribution in [3.8, 4) is 0 Å². The first-order chi connectivity index (χ1) is 9.88. The van der Waals surface area contributed by atoms with Crippen molar-refractivity contribution in [2.45, 2.75) is 37.6 Å². The molecule has 1 aromatic heterocycles. The van der Waals surface area contributed by atoms with Crippen LogP contribution in [0.5, 0.6) is 0 Å². The minimum absolute atomic E-state index is 0.0432. The molecular formula is C15H23N3O2S. The lowest BCUT2D eigenvalue weighted by atomic mass is 9.93. The molecule has 0 unspecified atom stereocenters. The van der Waals surface area contributed by atoms with Crippen molar-refractivity contribution in [1.82, 2.24) is 14.1 Å². The molecule has 5 nitrogen and oxygen atoms in total. The van der Waals surface area contributed by atoms with Crippen molar-refractivity contribution < 1.29 is 8.42 Å². The summed E-state index contributed by atoms with van der Waals surface area (Å²) in [5.74, 6) is 1.67. The number of aromatic nitrogens is 2. The van der Waals surface area contributed by atoms with E-state index in [1.807, 2.05) is 13.8 Å². The lowest BCUT2D eigenvalue weighted by Gasteiger charge is -2.30. The Hall–Kier alpha value is -1.14. The average molecular weight is 309 g/mol. The third kappa shape index (κ3) is 2.66. The Kier molecular flexibility index (Phi) is 3.69. The zero-order valence-electron chi connectivity index (χ0n) is 12.8. The van der Waals surface area contributed by atoms with Gasteiger partial charge >= 0.3 is 0 Å². The number of nitrogens with zero attached hydrogens (tertiary/aromatic N) is 3. The van der Waals surface area contributed by atoms with Crippen LogP contribution in [0.1, 0.15) is 26.7 Å². The van der Waals surface area contributed by atoms with Gasteiger partial charge in [-0.1, -0.05) is 12.2 Å². The van der Waals surface area contributed by atoms with E-state index in [9.17, 15) is 8.42 Å². The first-order valence-corrected chi connectivity index (χ1v) is 9.00. The summed E-state index contributed by atoms with van der Waals surface area (Å²) in [6.45, 7) is 4.49. The van der Waals surface area contributed by atoms with E-state index in [4.69, 9.17) is 0 Å². The molecule has 1 saturated carbocycles. The Morgan fingerprint density at radius 3 is 2.62 bits per heavy atom. The van der Waals surface area contributed by atoms with E-state index >= 15 is 0 Å². The second kappa shape index (κ2) is 5.25. The van der Waals surface area contributed by atoms with Crippen molar-refractivity contribution in [1.29, 1.82) is 0 Å². The lowest BCUT2D eigenvalue weighted by molar-refractivity contribution is 0.277. The van der Waals surface area contributed by atoms with Crippen LogP contribution in [0.15, 0.2) is 29.4 Å². The third-order valence-corrected chi connectivity index (χ3v) is 6.69. The van der Waals surface area contributed by atoms with Gasteiger partial charge in [0.05, 0.1) is 6.20 Å². The second-order valence-corrected chi connectivity index (χ2v) is 8.45. The van der Waals surface area contributed by atoms with Crippen molar-refractivity contribution in [3.05, 3.63) is 24.5 Å². The highest BCUT2D eigenvalue weighted by Crippen LogP contribution is 2.44. The number of aryl methyl sites for hydroxylation is 1. The van der Waals surface area contributed by atoms with Crippen molar-refractivity contribution in [2.75, 3.05) is 6.54 Å². The molecule has 0 aromatic carbocycles. The number of allylic oxidation sites excluding steroid dienone is 2. The fourth-order valence-electron chi connectivity index (χ4n) is 3.59. The van der Waals surface area contributed by atoms with Crippen LogP contribution in [0.2, 0.25) is 0 Å². The molecule has 116 valence electrons. The van der Waals surface area contributed by atoms with E-state index in [1.54, 1.807) is 17.5 Å². The van der Waals surface area contributed by atoms with Crippen LogP contribution in [-0.4, -0.2) is 35.1 Å². The second-order valence-electron chi connectivity index (χ2n) is 6.56. The van der Waals surface area contributed by atoms with Crippen LogP contribution in [-0.2, 0) is 17.1 Å². The van der Waals surface area contributed by atoms with Crippen LogP contribution in [0.25, 0.3) is 0 Å². The van der Waals surface area contributed by atoms with Crippen LogP contribution in [0.4, 0.5) is 0 Å². The largest absolute Gasteiger partial charge is 0.274 e. The monoisotopic (exact) mass is 309 g/mol. The van der Waals surface area contributed by atoms with Gasteiger partial charge in [0, 0.05) is 25.8 Å². The molecule has 0 spiro atoms. The standard InChI is InChI=1S/C15H23N3O2S/c1-11(2)18(9-14-7-12-4-5-13(14)6-12)21(19,20)15-8-16-17(3)10-15/h4-5,8,10-14H,6-7,9H2,1-3H3/t12-,13-,14+/m0/s1. The van der Waals surface area contributed by atoms with Gasteiger partial charge in [-0.3, -0.25) is 4.68 Å². The summed E-state index contributed by atoms with van der Waals surface area (Å²) < 4.78 is 28.8. The molecule has 6 heteroatoms. The number of sulfonamides is 1. The van der Waals surface area contributed by atoms with Gasteiger partial charge in [0.2, 0.25) is 10.0 Å². The maximum Gasteiger partial charge on any atom is 0.246 e. The Labute approximate surface area is 126 Å². The van der Waals surface area contributed by atoms with E-state index in [-0.39, 0.29) is 10.9 Å². The zero-order valence-corrected chi connectivity index (χ0v) is 13.6. The predicted octanol–water partition coefficient (Wildman–Crippen LogP) is 2.03. The fraction of sp³-hybridized carbons (Fsp3) is 0.667. The van der Waals surface area contributed by atoms with Gasteiger partial charge in [-0.25, -0.2) is 8.42 Å². The van der Waals surface area contributed by atoms with Gasteiger partial charge in [-0.2, -0.15) is 9.40 Å². The van der Waals surface area contributed by atoms with Gasteiger partial charge in [0.25, 0.3) is 0 Å². The zero-order chi connectivity index (χ0) is 15.2. The first-order valence-electron chi connectivity index (χ1n) is 7.56. The quantitative estimate of drug-likeness (QED) is 0.782. The van der Waals surface area contributed by atoms with Crippen LogP contribution < -0.4 is 0 Å². The van der Waals surface area contributed by atoms with Crippen LogP contribution >= 0.6 is 0 Å². The smallest absolute Gasteiger partial charge is 0.246 e. The Balaban J connectivity index is 1.83. The van der Waals surface area contributed by atoms with Gasteiger partial charge in [0.15, 0.2) is 0 Å². The molecule has 3 atom stereocenters. The van der Waals surface area contributed by atoms with E-state index < -0.39 is 10.0 Å². The number of hydrogen-bond acceptors (Lipinski definition) is 3. The molecule has 1 aromatic rings. The fourth-order valence-corrected chi connectivity index (χ4v) is 5.27. The SMILES string of the molecule is CC(C)N(C[C@H]1C[C@H]2C=C[C@H]1C2)S(=O)(=O)c1cnn(C)c1. The molecule has 3 rings (SSSR count). The highest BCUT2D eigenvalue weighted by atomic mass is 32.2. The lowest BCUT2D eigenvalue weighted by Crippen LogP contribution is -2.41. The minimum Gasteiger partial charge on any atom is -0.274 e. The van der Waals surface area contributed by atoms with Crippen LogP contribution in [0.3, 0.4) is 0 Å². The summed E-state index contributed by atoms with van der Waals surface area (Å²) >= 11 is 0. The number of rotatable bonds is 5. The Bertz CT molecular complexity index is 648. The molecule has 1 heterocycles. The maximum absolute atomic E-state index is 12.8. The van der Waals surface area contributed by atoms with Gasteiger partial charge in [-0.05, 0) is 44.4 Å². The van der Waals surface area contributed by atoms with Gasteiger partial charge in [0.1, 0.15) is 4.90 Å². The molecule has 0 radical (unpaired) electrons. The summed E-state index contributed by atoms with van der Waals surface area (Å²) in [6, 6.07) is -0.0432. The van der Waals surface area contributed by atoms with E-state index in [1.165, 1.54) is 17.3 Å². The van der Waals surface area contributed by atoms with Crippen LogP contribution in [0, 0.1) is 17.8 Å². The topological polar surface area (TPSA) is 55.2 Å². The predicted molar refractivity (Wildman–Crippen MR) is 81.1 cm³/mol. The summed E-state index contributed by atoms with van der Waals surface area (Å²) in [4.78, 5) is 0.289. The van der Waals surface area contributed by atoms with E-state index in [0.29, 0.717) is 24.3 Å². The van der Waals surface area contributed by atoms with Crippen molar-refractivity contribution in [3.63, 3.8) is 0 Å². The third-order valence-electron chi connectivity index (χ3n) is 4.69. The highest BCUT2D eigenvalue weighted by molar-refractivity contribution is 7.89. The molecule has 0 N–H and O–H groups in total. The van der Waals surface area contributed by atoms with Gasteiger partial charge in [-0.15, -0.1) is 0 Å². The van der Waals surface area contributed by atoms with Crippen molar-refractivity contribution in [2.24, 2.45) is 24.8 Å². The number of fused-ring (bicyclic) bond motifs is 2. The Morgan fingerprint density at radius 1 is 1.38 bits per heavy atom. The normalized spacial score (nSPS) is 28.1. The number of hydrogen-bond donors (Lipinski definition) is 0. The molecule has 0 aliphatic heterocycles. The molecule has 21 heavy (non-hydrogen) atoms. The van der Waals surface area contributed by atoms with E-state index in [0.717, 1.165) is 6.42 Å². The molecule has 0 saturated heterocycles. The molecular weight excluding hydrogens is 286 g/mol. The summed E-state index contributed by atoms with van der Waals surface area (Å²) in [6.07, 6.45) is 9.89. The average Bonchev–Trinajstić information content (AvgIpc) is 3.10. The summed E-state index contributed by atoms with van der Waals surface area (Å²) in [5.41, 5.74) is 0. The van der Waals surface area contributed by atoms with Crippen molar-refractivity contribution >= 4 is 10.0 Å². The highest BCUT2D eigenvalue weighted by Gasteiger charge is 2.39. The van der Waals surface area contributed by atoms with Gasteiger partial charge < -0.3 is 0 Å². The summed E-state index contributed by atoms with van der Waals surface area (Å²) in [7, 11) is -1.72. The molecule has 2 aliphatic rings. The summed E-state index contributed by atoms with van der Waals surface area (Å²) in [5, 5.41) is 3.99. The molecule has 1 fully saturated rings. The molecule has 0 amide bonds. The first kappa shape index (κ1) is 14.8. The Morgan fingerprint density at radius 2 is 2.14 bits per heavy atom. The minimum atomic E-state index is -3.46. The molecule has 2 aliphatic carbocycles. The van der Waals surface area contributed by atoms with E-state index in [2.05, 4.69) is 17.3 Å².